The predicted molar refractivity (Wildman–Crippen MR) is 86.5 cm³/mol. The molecule has 1 amide bonds. The summed E-state index contributed by atoms with van der Waals surface area (Å²) in [5.74, 6) is 0.896. The van der Waals surface area contributed by atoms with Gasteiger partial charge >= 0.3 is 0 Å². The predicted octanol–water partition coefficient (Wildman–Crippen LogP) is 2.39. The van der Waals surface area contributed by atoms with Crippen LogP contribution in [0.1, 0.15) is 11.4 Å². The van der Waals surface area contributed by atoms with Crippen LogP contribution in [-0.2, 0) is 11.3 Å². The molecule has 118 valence electrons. The molecule has 6 nitrogen and oxygen atoms in total. The molecule has 1 N–H and O–H groups in total. The number of pyridine rings is 1. The Morgan fingerprint density at radius 2 is 2.17 bits per heavy atom. The molecule has 7 heteroatoms. The first-order valence-corrected chi connectivity index (χ1v) is 7.45. The second-order valence-corrected chi connectivity index (χ2v) is 5.45. The minimum absolute atomic E-state index is 0.111. The Morgan fingerprint density at radius 1 is 1.30 bits per heavy atom. The van der Waals surface area contributed by atoms with E-state index in [1.807, 2.05) is 41.8 Å². The van der Waals surface area contributed by atoms with E-state index in [0.29, 0.717) is 16.6 Å². The molecule has 2 aromatic heterocycles. The normalized spacial score (nSPS) is 10.7. The third kappa shape index (κ3) is 3.60. The van der Waals surface area contributed by atoms with Crippen molar-refractivity contribution in [2.24, 2.45) is 0 Å². The fourth-order valence-electron chi connectivity index (χ4n) is 2.10. The van der Waals surface area contributed by atoms with Gasteiger partial charge in [-0.25, -0.2) is 0 Å². The van der Waals surface area contributed by atoms with Gasteiger partial charge in [-0.15, -0.1) is 10.2 Å². The molecule has 1 aromatic carbocycles. The summed E-state index contributed by atoms with van der Waals surface area (Å²) < 4.78 is 7.27. The number of nitrogens with one attached hydrogen (secondary N) is 1. The molecule has 2 heterocycles. The number of hydrogen-bond donors (Lipinski definition) is 1. The summed E-state index contributed by atoms with van der Waals surface area (Å²) in [6.45, 7) is 2.09. The van der Waals surface area contributed by atoms with Crippen molar-refractivity contribution in [3.8, 4) is 5.75 Å². The molecule has 0 atom stereocenters. The first kappa shape index (κ1) is 15.3. The van der Waals surface area contributed by atoms with E-state index in [2.05, 4.69) is 15.5 Å². The zero-order chi connectivity index (χ0) is 16.2. The second-order valence-electron chi connectivity index (χ2n) is 5.04. The van der Waals surface area contributed by atoms with E-state index in [1.165, 1.54) is 0 Å². The zero-order valence-electron chi connectivity index (χ0n) is 12.5. The molecule has 23 heavy (non-hydrogen) atoms. The number of amides is 1. The summed E-state index contributed by atoms with van der Waals surface area (Å²) in [6.07, 6.45) is 1.85. The van der Waals surface area contributed by atoms with E-state index < -0.39 is 0 Å². The Labute approximate surface area is 138 Å². The molecule has 0 saturated heterocycles. The van der Waals surface area contributed by atoms with Crippen LogP contribution in [0.4, 0.5) is 0 Å². The van der Waals surface area contributed by atoms with Crippen LogP contribution in [0.5, 0.6) is 5.75 Å². The Morgan fingerprint density at radius 3 is 3.04 bits per heavy atom. The molecule has 0 fully saturated rings. The first-order chi connectivity index (χ1) is 11.1. The molecule has 0 aliphatic rings. The number of benzene rings is 1. The average Bonchev–Trinajstić information content (AvgIpc) is 2.97. The summed E-state index contributed by atoms with van der Waals surface area (Å²) in [6, 6.07) is 11.0. The highest BCUT2D eigenvalue weighted by molar-refractivity contribution is 6.32. The number of aromatic nitrogens is 3. The first-order valence-electron chi connectivity index (χ1n) is 7.08. The Bertz CT molecular complexity index is 847. The van der Waals surface area contributed by atoms with Crippen LogP contribution in [-0.4, -0.2) is 27.1 Å². The second kappa shape index (κ2) is 6.66. The monoisotopic (exact) mass is 330 g/mol. The van der Waals surface area contributed by atoms with Gasteiger partial charge in [-0.1, -0.05) is 23.7 Å². The van der Waals surface area contributed by atoms with Gasteiger partial charge in [-0.3, -0.25) is 9.20 Å². The van der Waals surface area contributed by atoms with Crippen LogP contribution >= 0.6 is 11.6 Å². The standard InChI is InChI=1S/C16H15ClN4O2/c1-11-5-6-12(17)13(8-11)23-10-16(22)18-9-15-20-19-14-4-2-3-7-21(14)15/h2-8H,9-10H2,1H3,(H,18,22). The molecule has 3 rings (SSSR count). The molecule has 0 unspecified atom stereocenters. The van der Waals surface area contributed by atoms with Gasteiger partial charge in [-0.2, -0.15) is 0 Å². The fourth-order valence-corrected chi connectivity index (χ4v) is 2.28. The highest BCUT2D eigenvalue weighted by atomic mass is 35.5. The van der Waals surface area contributed by atoms with Gasteiger partial charge in [0, 0.05) is 6.20 Å². The van der Waals surface area contributed by atoms with E-state index in [-0.39, 0.29) is 19.1 Å². The van der Waals surface area contributed by atoms with E-state index in [1.54, 1.807) is 12.1 Å². The van der Waals surface area contributed by atoms with Gasteiger partial charge in [0.05, 0.1) is 11.6 Å². The van der Waals surface area contributed by atoms with Crippen molar-refractivity contribution in [2.45, 2.75) is 13.5 Å². The smallest absolute Gasteiger partial charge is 0.258 e. The average molecular weight is 331 g/mol. The van der Waals surface area contributed by atoms with Crippen molar-refractivity contribution in [1.29, 1.82) is 0 Å². The number of ether oxygens (including phenoxy) is 1. The number of aryl methyl sites for hydroxylation is 1. The summed E-state index contributed by atoms with van der Waals surface area (Å²) in [5, 5.41) is 11.3. The van der Waals surface area contributed by atoms with Crippen molar-refractivity contribution in [3.63, 3.8) is 0 Å². The highest BCUT2D eigenvalue weighted by Gasteiger charge is 2.09. The molecular formula is C16H15ClN4O2. The molecule has 3 aromatic rings. The lowest BCUT2D eigenvalue weighted by atomic mass is 10.2. The van der Waals surface area contributed by atoms with Crippen LogP contribution in [0, 0.1) is 6.92 Å². The molecule has 0 radical (unpaired) electrons. The molecule has 0 saturated carbocycles. The van der Waals surface area contributed by atoms with Crippen LogP contribution in [0.2, 0.25) is 5.02 Å². The molecule has 0 aliphatic heterocycles. The number of carbonyl (C=O) groups excluding carboxylic acids is 1. The number of hydrogen-bond acceptors (Lipinski definition) is 4. The van der Waals surface area contributed by atoms with E-state index in [9.17, 15) is 4.79 Å². The number of fused-ring (bicyclic) bond motifs is 1. The number of carbonyl (C=O) groups is 1. The fraction of sp³-hybridized carbons (Fsp3) is 0.188. The van der Waals surface area contributed by atoms with Crippen LogP contribution < -0.4 is 10.1 Å². The van der Waals surface area contributed by atoms with Crippen LogP contribution in [0.3, 0.4) is 0 Å². The third-order valence-electron chi connectivity index (χ3n) is 3.27. The molecular weight excluding hydrogens is 316 g/mol. The number of halogens is 1. The third-order valence-corrected chi connectivity index (χ3v) is 3.59. The quantitative estimate of drug-likeness (QED) is 0.780. The topological polar surface area (TPSA) is 68.5 Å². The maximum Gasteiger partial charge on any atom is 0.258 e. The van der Waals surface area contributed by atoms with Gasteiger partial charge in [0.2, 0.25) is 0 Å². The van der Waals surface area contributed by atoms with E-state index in [0.717, 1.165) is 11.2 Å². The summed E-state index contributed by atoms with van der Waals surface area (Å²) in [5.41, 5.74) is 1.75. The Kier molecular flexibility index (Phi) is 4.43. The maximum atomic E-state index is 11.9. The lowest BCUT2D eigenvalue weighted by Crippen LogP contribution is -2.29. The van der Waals surface area contributed by atoms with Gasteiger partial charge in [0.1, 0.15) is 5.75 Å². The largest absolute Gasteiger partial charge is 0.482 e. The van der Waals surface area contributed by atoms with Crippen molar-refractivity contribution in [2.75, 3.05) is 6.61 Å². The summed E-state index contributed by atoms with van der Waals surface area (Å²) in [7, 11) is 0. The van der Waals surface area contributed by atoms with E-state index >= 15 is 0 Å². The molecule has 0 spiro atoms. The Balaban J connectivity index is 1.56. The van der Waals surface area contributed by atoms with Crippen LogP contribution in [0.15, 0.2) is 42.6 Å². The van der Waals surface area contributed by atoms with Crippen molar-refractivity contribution in [1.82, 2.24) is 19.9 Å². The summed E-state index contributed by atoms with van der Waals surface area (Å²) in [4.78, 5) is 11.9. The zero-order valence-corrected chi connectivity index (χ0v) is 13.2. The number of rotatable bonds is 5. The lowest BCUT2D eigenvalue weighted by molar-refractivity contribution is -0.123. The molecule has 0 bridgehead atoms. The highest BCUT2D eigenvalue weighted by Crippen LogP contribution is 2.24. The molecule has 0 aliphatic carbocycles. The van der Waals surface area contributed by atoms with E-state index in [4.69, 9.17) is 16.3 Å². The Hall–Kier alpha value is -2.60. The maximum absolute atomic E-state index is 11.9. The van der Waals surface area contributed by atoms with Crippen molar-refractivity contribution < 1.29 is 9.53 Å². The SMILES string of the molecule is Cc1ccc(Cl)c(OCC(=O)NCc2nnc3ccccn23)c1. The minimum atomic E-state index is -0.254. The van der Waals surface area contributed by atoms with Crippen molar-refractivity contribution in [3.05, 3.63) is 59.0 Å². The van der Waals surface area contributed by atoms with Crippen LogP contribution in [0.25, 0.3) is 5.65 Å². The van der Waals surface area contributed by atoms with Gasteiger partial charge in [-0.05, 0) is 36.8 Å². The number of nitrogens with zero attached hydrogens (tertiary/aromatic N) is 3. The van der Waals surface area contributed by atoms with Crippen molar-refractivity contribution >= 4 is 23.2 Å². The van der Waals surface area contributed by atoms with Gasteiger partial charge in [0.15, 0.2) is 18.1 Å². The minimum Gasteiger partial charge on any atom is -0.482 e. The van der Waals surface area contributed by atoms with Gasteiger partial charge < -0.3 is 10.1 Å². The summed E-state index contributed by atoms with van der Waals surface area (Å²) >= 11 is 6.03. The van der Waals surface area contributed by atoms with Gasteiger partial charge in [0.25, 0.3) is 5.91 Å². The lowest BCUT2D eigenvalue weighted by Gasteiger charge is -2.09.